The topological polar surface area (TPSA) is 52.3 Å². The number of ketones is 1. The van der Waals surface area contributed by atoms with Gasteiger partial charge in [0.2, 0.25) is 0 Å². The molecule has 1 atom stereocenters. The lowest BCUT2D eigenvalue weighted by Gasteiger charge is -2.07. The molecule has 0 saturated heterocycles. The zero-order chi connectivity index (χ0) is 8.69. The van der Waals surface area contributed by atoms with Gasteiger partial charge >= 0.3 is 0 Å². The smallest absolute Gasteiger partial charge is 0.159 e. The van der Waals surface area contributed by atoms with Gasteiger partial charge in [0.15, 0.2) is 5.78 Å². The summed E-state index contributed by atoms with van der Waals surface area (Å²) in [7, 11) is 1.52. The van der Waals surface area contributed by atoms with Crippen LogP contribution in [-0.2, 0) is 9.53 Å². The van der Waals surface area contributed by atoms with Gasteiger partial charge in [0, 0.05) is 19.6 Å². The van der Waals surface area contributed by atoms with Crippen molar-refractivity contribution in [3.63, 3.8) is 0 Å². The molecule has 0 aliphatic rings. The van der Waals surface area contributed by atoms with Gasteiger partial charge in [0.05, 0.1) is 0 Å². The molecular weight excluding hydrogens is 142 g/mol. The summed E-state index contributed by atoms with van der Waals surface area (Å²) in [5, 5.41) is 0. The molecule has 11 heavy (non-hydrogen) atoms. The molecule has 2 N–H and O–H groups in total. The Hall–Kier alpha value is -0.410. The van der Waals surface area contributed by atoms with Crippen LogP contribution < -0.4 is 5.73 Å². The Kier molecular flexibility index (Phi) is 6.07. The molecule has 0 bridgehead atoms. The molecule has 1 unspecified atom stereocenters. The highest BCUT2D eigenvalue weighted by Gasteiger charge is 2.07. The largest absolute Gasteiger partial charge is 0.377 e. The number of hydrogen-bond donors (Lipinski definition) is 1. The first kappa shape index (κ1) is 10.6. The van der Waals surface area contributed by atoms with Crippen LogP contribution in [-0.4, -0.2) is 25.5 Å². The molecule has 0 heterocycles. The second-order valence-electron chi connectivity index (χ2n) is 2.72. The zero-order valence-electron chi connectivity index (χ0n) is 7.30. The Morgan fingerprint density at radius 1 is 1.64 bits per heavy atom. The van der Waals surface area contributed by atoms with E-state index in [1.165, 1.54) is 7.11 Å². The average Bonchev–Trinajstić information content (AvgIpc) is 1.87. The molecule has 0 radical (unpaired) electrons. The quantitative estimate of drug-likeness (QED) is 0.621. The Morgan fingerprint density at radius 3 is 2.73 bits per heavy atom. The molecule has 0 rings (SSSR count). The van der Waals surface area contributed by atoms with E-state index in [4.69, 9.17) is 5.73 Å². The normalized spacial score (nSPS) is 13.0. The van der Waals surface area contributed by atoms with Crippen molar-refractivity contribution in [3.05, 3.63) is 0 Å². The third kappa shape index (κ3) is 6.01. The van der Waals surface area contributed by atoms with Gasteiger partial charge in [-0.05, 0) is 6.42 Å². The van der Waals surface area contributed by atoms with Crippen molar-refractivity contribution in [3.8, 4) is 0 Å². The molecule has 0 aromatic carbocycles. The van der Waals surface area contributed by atoms with Crippen LogP contribution in [0.2, 0.25) is 0 Å². The van der Waals surface area contributed by atoms with Crippen LogP contribution in [0.5, 0.6) is 0 Å². The minimum absolute atomic E-state index is 0.0163. The molecule has 66 valence electrons. The summed E-state index contributed by atoms with van der Waals surface area (Å²) >= 11 is 0. The van der Waals surface area contributed by atoms with E-state index >= 15 is 0 Å². The Labute approximate surface area is 67.9 Å². The highest BCUT2D eigenvalue weighted by atomic mass is 16.5. The van der Waals surface area contributed by atoms with Crippen molar-refractivity contribution in [2.75, 3.05) is 13.7 Å². The number of nitrogens with two attached hydrogens (primary N) is 1. The van der Waals surface area contributed by atoms with Gasteiger partial charge in [-0.3, -0.25) is 4.79 Å². The first-order valence-electron chi connectivity index (χ1n) is 3.97. The predicted octanol–water partition coefficient (Wildman–Crippen LogP) is 0.719. The van der Waals surface area contributed by atoms with Gasteiger partial charge in [-0.1, -0.05) is 13.3 Å². The molecule has 0 fully saturated rings. The molecule has 0 amide bonds. The van der Waals surface area contributed by atoms with Crippen LogP contribution in [0.1, 0.15) is 26.2 Å². The van der Waals surface area contributed by atoms with Crippen molar-refractivity contribution >= 4 is 5.78 Å². The monoisotopic (exact) mass is 159 g/mol. The number of carbonyl (C=O) groups is 1. The average molecular weight is 159 g/mol. The Balaban J connectivity index is 3.40. The lowest BCUT2D eigenvalue weighted by Crippen LogP contribution is -2.25. The zero-order valence-corrected chi connectivity index (χ0v) is 7.30. The molecule has 0 spiro atoms. The van der Waals surface area contributed by atoms with Crippen LogP contribution in [0.3, 0.4) is 0 Å². The molecule has 0 aromatic rings. The van der Waals surface area contributed by atoms with E-state index < -0.39 is 0 Å². The first-order chi connectivity index (χ1) is 5.20. The minimum Gasteiger partial charge on any atom is -0.377 e. The van der Waals surface area contributed by atoms with E-state index in [0.717, 1.165) is 12.8 Å². The molecule has 0 aliphatic carbocycles. The molecular formula is C8H17NO2. The summed E-state index contributed by atoms with van der Waals surface area (Å²) in [4.78, 5) is 10.9. The number of ether oxygens (including phenoxy) is 1. The van der Waals surface area contributed by atoms with Crippen LogP contribution >= 0.6 is 0 Å². The second-order valence-corrected chi connectivity index (χ2v) is 2.72. The van der Waals surface area contributed by atoms with Crippen LogP contribution in [0.4, 0.5) is 0 Å². The summed E-state index contributed by atoms with van der Waals surface area (Å²) in [5.41, 5.74) is 5.64. The number of methoxy groups -OCH3 is 1. The van der Waals surface area contributed by atoms with Crippen molar-refractivity contribution in [2.24, 2.45) is 5.73 Å². The highest BCUT2D eigenvalue weighted by Crippen LogP contribution is 1.98. The van der Waals surface area contributed by atoms with Gasteiger partial charge in [0.1, 0.15) is 6.61 Å². The second kappa shape index (κ2) is 6.31. The van der Waals surface area contributed by atoms with Crippen molar-refractivity contribution in [2.45, 2.75) is 32.2 Å². The first-order valence-corrected chi connectivity index (χ1v) is 3.97. The highest BCUT2D eigenvalue weighted by molar-refractivity contribution is 5.80. The Morgan fingerprint density at radius 2 is 2.27 bits per heavy atom. The van der Waals surface area contributed by atoms with E-state index in [0.29, 0.717) is 6.42 Å². The molecule has 3 nitrogen and oxygen atoms in total. The van der Waals surface area contributed by atoms with Crippen LogP contribution in [0, 0.1) is 0 Å². The van der Waals surface area contributed by atoms with Crippen LogP contribution in [0.15, 0.2) is 0 Å². The van der Waals surface area contributed by atoms with Gasteiger partial charge in [-0.15, -0.1) is 0 Å². The summed E-state index contributed by atoms with van der Waals surface area (Å²) in [5.74, 6) is 0.0912. The van der Waals surface area contributed by atoms with Gasteiger partial charge in [0.25, 0.3) is 0 Å². The molecule has 0 saturated carbocycles. The standard InChI is InChI=1S/C8H17NO2/c1-3-4-7(9)5-8(10)6-11-2/h7H,3-6,9H2,1-2H3. The molecule has 3 heteroatoms. The minimum atomic E-state index is 0.0163. The maximum absolute atomic E-state index is 10.9. The van der Waals surface area contributed by atoms with E-state index in [1.54, 1.807) is 0 Å². The molecule has 0 aromatic heterocycles. The van der Waals surface area contributed by atoms with Crippen LogP contribution in [0.25, 0.3) is 0 Å². The maximum Gasteiger partial charge on any atom is 0.159 e. The summed E-state index contributed by atoms with van der Waals surface area (Å²) < 4.78 is 4.68. The van der Waals surface area contributed by atoms with Crippen molar-refractivity contribution in [1.82, 2.24) is 0 Å². The fourth-order valence-electron chi connectivity index (χ4n) is 0.985. The maximum atomic E-state index is 10.9. The lowest BCUT2D eigenvalue weighted by atomic mass is 10.1. The lowest BCUT2D eigenvalue weighted by molar-refractivity contribution is -0.123. The van der Waals surface area contributed by atoms with E-state index in [9.17, 15) is 4.79 Å². The van der Waals surface area contributed by atoms with Crippen molar-refractivity contribution < 1.29 is 9.53 Å². The summed E-state index contributed by atoms with van der Waals surface area (Å²) in [6.45, 7) is 2.25. The van der Waals surface area contributed by atoms with Crippen molar-refractivity contribution in [1.29, 1.82) is 0 Å². The predicted molar refractivity (Wildman–Crippen MR) is 44.4 cm³/mol. The fraction of sp³-hybridized carbons (Fsp3) is 0.875. The van der Waals surface area contributed by atoms with E-state index in [2.05, 4.69) is 11.7 Å². The third-order valence-corrected chi connectivity index (χ3v) is 1.45. The van der Waals surface area contributed by atoms with E-state index in [-0.39, 0.29) is 18.4 Å². The fourth-order valence-corrected chi connectivity index (χ4v) is 0.985. The van der Waals surface area contributed by atoms with E-state index in [1.807, 2.05) is 0 Å². The van der Waals surface area contributed by atoms with Gasteiger partial charge < -0.3 is 10.5 Å². The van der Waals surface area contributed by atoms with Gasteiger partial charge in [-0.25, -0.2) is 0 Å². The number of carbonyl (C=O) groups excluding carboxylic acids is 1. The third-order valence-electron chi connectivity index (χ3n) is 1.45. The Bertz CT molecular complexity index is 115. The molecule has 0 aliphatic heterocycles. The number of hydrogen-bond acceptors (Lipinski definition) is 3. The SMILES string of the molecule is CCCC(N)CC(=O)COC. The van der Waals surface area contributed by atoms with Gasteiger partial charge in [-0.2, -0.15) is 0 Å². The number of Topliss-reactive ketones (excluding diaryl/α,β-unsaturated/α-hetero) is 1. The number of rotatable bonds is 6. The summed E-state index contributed by atoms with van der Waals surface area (Å²) in [6, 6.07) is 0.0163. The summed E-state index contributed by atoms with van der Waals surface area (Å²) in [6.07, 6.45) is 2.39.